The van der Waals surface area contributed by atoms with Crippen molar-refractivity contribution in [2.24, 2.45) is 4.99 Å². The first kappa shape index (κ1) is 18.8. The van der Waals surface area contributed by atoms with Gasteiger partial charge in [0.2, 0.25) is 0 Å². The zero-order valence-corrected chi connectivity index (χ0v) is 14.9. The molecule has 0 aliphatic carbocycles. The van der Waals surface area contributed by atoms with Crippen LogP contribution < -0.4 is 10.6 Å². The van der Waals surface area contributed by atoms with E-state index in [1.807, 2.05) is 19.2 Å². The van der Waals surface area contributed by atoms with Gasteiger partial charge in [-0.3, -0.25) is 4.99 Å². The van der Waals surface area contributed by atoms with Gasteiger partial charge in [-0.05, 0) is 44.5 Å². The molecule has 1 saturated heterocycles. The van der Waals surface area contributed by atoms with Crippen LogP contribution in [0.25, 0.3) is 0 Å². The van der Waals surface area contributed by atoms with E-state index in [4.69, 9.17) is 9.15 Å². The van der Waals surface area contributed by atoms with E-state index in [2.05, 4.69) is 20.5 Å². The molecule has 2 rings (SSSR count). The van der Waals surface area contributed by atoms with Gasteiger partial charge < -0.3 is 24.7 Å². The van der Waals surface area contributed by atoms with Crippen molar-refractivity contribution in [2.45, 2.75) is 38.7 Å². The molecule has 0 spiro atoms. The number of furan rings is 1. The van der Waals surface area contributed by atoms with Crippen molar-refractivity contribution in [1.29, 1.82) is 0 Å². The van der Waals surface area contributed by atoms with E-state index in [0.29, 0.717) is 13.2 Å². The molecule has 2 N–H and O–H groups in total. The molecule has 0 unspecified atom stereocenters. The Balaban J connectivity index is 1.47. The van der Waals surface area contributed by atoms with Gasteiger partial charge in [-0.2, -0.15) is 0 Å². The summed E-state index contributed by atoms with van der Waals surface area (Å²) in [5, 5.41) is 6.72. The normalized spacial score (nSPS) is 16.8. The fourth-order valence-corrected chi connectivity index (χ4v) is 2.86. The number of nitrogens with zero attached hydrogens (tertiary/aromatic N) is 2. The Bertz CT molecular complexity index is 440. The van der Waals surface area contributed by atoms with E-state index in [9.17, 15) is 0 Å². The lowest BCUT2D eigenvalue weighted by molar-refractivity contribution is 0.105. The van der Waals surface area contributed by atoms with Gasteiger partial charge in [-0.1, -0.05) is 12.8 Å². The van der Waals surface area contributed by atoms with Gasteiger partial charge in [0, 0.05) is 33.3 Å². The second-order valence-electron chi connectivity index (χ2n) is 6.17. The Labute approximate surface area is 145 Å². The molecule has 0 bridgehead atoms. The van der Waals surface area contributed by atoms with Crippen molar-refractivity contribution in [3.63, 3.8) is 0 Å². The van der Waals surface area contributed by atoms with E-state index in [1.54, 1.807) is 6.26 Å². The maximum Gasteiger partial charge on any atom is 0.191 e. The second-order valence-corrected chi connectivity index (χ2v) is 6.17. The Morgan fingerprint density at radius 2 is 2.00 bits per heavy atom. The molecule has 1 fully saturated rings. The highest BCUT2D eigenvalue weighted by Crippen LogP contribution is 2.08. The molecule has 0 atom stereocenters. The number of aliphatic imine (C=N–C) groups is 1. The summed E-state index contributed by atoms with van der Waals surface area (Å²) in [6.45, 7) is 6.60. The number of hydrogen-bond donors (Lipinski definition) is 2. The molecule has 1 aromatic rings. The van der Waals surface area contributed by atoms with Crippen molar-refractivity contribution in [2.75, 3.05) is 46.4 Å². The summed E-state index contributed by atoms with van der Waals surface area (Å²) in [6, 6.07) is 3.80. The van der Waals surface area contributed by atoms with Crippen molar-refractivity contribution >= 4 is 5.96 Å². The van der Waals surface area contributed by atoms with Gasteiger partial charge in [0.05, 0.1) is 6.26 Å². The summed E-state index contributed by atoms with van der Waals surface area (Å²) in [5.74, 6) is 1.74. The van der Waals surface area contributed by atoms with Gasteiger partial charge in [-0.15, -0.1) is 0 Å². The van der Waals surface area contributed by atoms with Crippen LogP contribution in [-0.2, 0) is 11.3 Å². The maximum absolute atomic E-state index is 5.57. The van der Waals surface area contributed by atoms with E-state index in [1.165, 1.54) is 38.8 Å². The molecule has 2 heterocycles. The summed E-state index contributed by atoms with van der Waals surface area (Å²) >= 11 is 0. The van der Waals surface area contributed by atoms with Crippen LogP contribution in [-0.4, -0.2) is 57.2 Å². The predicted octanol–water partition coefficient (Wildman–Crippen LogP) is 2.23. The first-order valence-electron chi connectivity index (χ1n) is 9.15. The summed E-state index contributed by atoms with van der Waals surface area (Å²) in [5.41, 5.74) is 0. The largest absolute Gasteiger partial charge is 0.467 e. The zero-order chi connectivity index (χ0) is 16.9. The zero-order valence-electron chi connectivity index (χ0n) is 14.9. The molecule has 0 amide bonds. The molecular weight excluding hydrogens is 304 g/mol. The highest BCUT2D eigenvalue weighted by molar-refractivity contribution is 5.79. The SMILES string of the molecule is CN=C(NCCCOCc1ccco1)NCCN1CCCCCC1. The predicted molar refractivity (Wildman–Crippen MR) is 97.3 cm³/mol. The van der Waals surface area contributed by atoms with Gasteiger partial charge >= 0.3 is 0 Å². The third kappa shape index (κ3) is 7.84. The number of hydrogen-bond acceptors (Lipinski definition) is 4. The third-order valence-electron chi connectivity index (χ3n) is 4.23. The Morgan fingerprint density at radius 1 is 1.21 bits per heavy atom. The molecule has 0 saturated carbocycles. The monoisotopic (exact) mass is 336 g/mol. The summed E-state index contributed by atoms with van der Waals surface area (Å²) < 4.78 is 10.8. The lowest BCUT2D eigenvalue weighted by atomic mass is 10.2. The number of rotatable bonds is 9. The molecular formula is C18H32N4O2. The first-order chi connectivity index (χ1) is 11.9. The van der Waals surface area contributed by atoms with Crippen LogP contribution in [0.5, 0.6) is 0 Å². The molecule has 136 valence electrons. The first-order valence-corrected chi connectivity index (χ1v) is 9.15. The van der Waals surface area contributed by atoms with Gasteiger partial charge in [0.1, 0.15) is 12.4 Å². The molecule has 6 heteroatoms. The van der Waals surface area contributed by atoms with Gasteiger partial charge in [-0.25, -0.2) is 0 Å². The lowest BCUT2D eigenvalue weighted by Gasteiger charge is -2.20. The topological polar surface area (TPSA) is 62.0 Å². The van der Waals surface area contributed by atoms with Crippen molar-refractivity contribution in [3.8, 4) is 0 Å². The van der Waals surface area contributed by atoms with Crippen molar-refractivity contribution < 1.29 is 9.15 Å². The fraction of sp³-hybridized carbons (Fsp3) is 0.722. The van der Waals surface area contributed by atoms with Crippen LogP contribution in [0.1, 0.15) is 37.9 Å². The van der Waals surface area contributed by atoms with Gasteiger partial charge in [0.25, 0.3) is 0 Å². The molecule has 0 aromatic carbocycles. The molecule has 0 radical (unpaired) electrons. The minimum Gasteiger partial charge on any atom is -0.467 e. The summed E-state index contributed by atoms with van der Waals surface area (Å²) in [4.78, 5) is 6.82. The molecule has 1 aliphatic heterocycles. The molecule has 6 nitrogen and oxygen atoms in total. The lowest BCUT2D eigenvalue weighted by Crippen LogP contribution is -2.42. The average molecular weight is 336 g/mol. The van der Waals surface area contributed by atoms with E-state index >= 15 is 0 Å². The van der Waals surface area contributed by atoms with Crippen LogP contribution in [0.3, 0.4) is 0 Å². The van der Waals surface area contributed by atoms with E-state index < -0.39 is 0 Å². The quantitative estimate of drug-likeness (QED) is 0.411. The van der Waals surface area contributed by atoms with Crippen LogP contribution in [0.15, 0.2) is 27.8 Å². The smallest absolute Gasteiger partial charge is 0.191 e. The second kappa shape index (κ2) is 11.9. The minimum absolute atomic E-state index is 0.538. The van der Waals surface area contributed by atoms with Gasteiger partial charge in [0.15, 0.2) is 5.96 Å². The number of nitrogens with one attached hydrogen (secondary N) is 2. The third-order valence-corrected chi connectivity index (χ3v) is 4.23. The Kier molecular flexibility index (Phi) is 9.34. The Hall–Kier alpha value is -1.53. The highest BCUT2D eigenvalue weighted by atomic mass is 16.5. The summed E-state index contributed by atoms with van der Waals surface area (Å²) in [6.07, 6.45) is 8.05. The number of ether oxygens (including phenoxy) is 1. The van der Waals surface area contributed by atoms with Crippen LogP contribution >= 0.6 is 0 Å². The molecule has 24 heavy (non-hydrogen) atoms. The molecule has 1 aromatic heterocycles. The van der Waals surface area contributed by atoms with Crippen molar-refractivity contribution in [1.82, 2.24) is 15.5 Å². The fourth-order valence-electron chi connectivity index (χ4n) is 2.86. The number of guanidine groups is 1. The average Bonchev–Trinajstić information content (AvgIpc) is 2.98. The standard InChI is InChI=1S/C18H32N4O2/c1-19-18(21-10-13-22-11-4-2-3-5-12-22)20-9-7-14-23-16-17-8-6-15-24-17/h6,8,15H,2-5,7,9-14,16H2,1H3,(H2,19,20,21). The summed E-state index contributed by atoms with van der Waals surface area (Å²) in [7, 11) is 1.81. The van der Waals surface area contributed by atoms with Crippen molar-refractivity contribution in [3.05, 3.63) is 24.2 Å². The highest BCUT2D eigenvalue weighted by Gasteiger charge is 2.08. The van der Waals surface area contributed by atoms with Crippen LogP contribution in [0, 0.1) is 0 Å². The molecule has 1 aliphatic rings. The van der Waals surface area contributed by atoms with Crippen LogP contribution in [0.4, 0.5) is 0 Å². The number of likely N-dealkylation sites (tertiary alicyclic amines) is 1. The Morgan fingerprint density at radius 3 is 2.71 bits per heavy atom. The van der Waals surface area contributed by atoms with Crippen LogP contribution in [0.2, 0.25) is 0 Å². The van der Waals surface area contributed by atoms with E-state index in [0.717, 1.165) is 37.8 Å². The minimum atomic E-state index is 0.538. The maximum atomic E-state index is 5.57. The van der Waals surface area contributed by atoms with E-state index in [-0.39, 0.29) is 0 Å².